The Labute approximate surface area is 195 Å². The molecule has 4 aromatic rings. The highest BCUT2D eigenvalue weighted by atomic mass is 32.2. The molecular formula is C24H21N5O3S. The van der Waals surface area contributed by atoms with Gasteiger partial charge in [0.1, 0.15) is 5.75 Å². The molecule has 1 heterocycles. The number of amides is 2. The van der Waals surface area contributed by atoms with E-state index in [-0.39, 0.29) is 11.7 Å². The number of carbonyl (C=O) groups excluding carboxylic acids is 2. The normalized spacial score (nSPS) is 10.5. The Bertz CT molecular complexity index is 1250. The summed E-state index contributed by atoms with van der Waals surface area (Å²) in [7, 11) is 1.60. The highest BCUT2D eigenvalue weighted by Gasteiger charge is 2.19. The van der Waals surface area contributed by atoms with Gasteiger partial charge in [-0.2, -0.15) is 0 Å². The van der Waals surface area contributed by atoms with Crippen molar-refractivity contribution in [3.05, 3.63) is 90.5 Å². The molecule has 33 heavy (non-hydrogen) atoms. The monoisotopic (exact) mass is 459 g/mol. The number of hydrazine groups is 1. The van der Waals surface area contributed by atoms with Crippen LogP contribution >= 0.6 is 11.8 Å². The van der Waals surface area contributed by atoms with Gasteiger partial charge in [0.15, 0.2) is 11.0 Å². The lowest BCUT2D eigenvalue weighted by Gasteiger charge is -2.14. The predicted molar refractivity (Wildman–Crippen MR) is 126 cm³/mol. The number of thioether (sulfide) groups is 1. The largest absolute Gasteiger partial charge is 0.495 e. The molecule has 0 unspecified atom stereocenters. The number of carbonyl (C=O) groups is 2. The van der Waals surface area contributed by atoms with Crippen molar-refractivity contribution in [2.45, 2.75) is 5.16 Å². The topological polar surface area (TPSA) is 98.1 Å². The highest BCUT2D eigenvalue weighted by Crippen LogP contribution is 2.32. The van der Waals surface area contributed by atoms with Crippen molar-refractivity contribution in [2.24, 2.45) is 0 Å². The molecule has 0 atom stereocenters. The molecule has 1 aromatic heterocycles. The summed E-state index contributed by atoms with van der Waals surface area (Å²) >= 11 is 1.20. The third-order valence-corrected chi connectivity index (χ3v) is 5.60. The molecule has 0 fully saturated rings. The lowest BCUT2D eigenvalue weighted by molar-refractivity contribution is -0.119. The lowest BCUT2D eigenvalue weighted by atomic mass is 10.2. The van der Waals surface area contributed by atoms with E-state index in [0.29, 0.717) is 22.3 Å². The molecule has 166 valence electrons. The molecule has 4 rings (SSSR count). The van der Waals surface area contributed by atoms with Crippen LogP contribution in [-0.2, 0) is 4.79 Å². The van der Waals surface area contributed by atoms with Gasteiger partial charge < -0.3 is 4.74 Å². The summed E-state index contributed by atoms with van der Waals surface area (Å²) in [5, 5.41) is 9.19. The predicted octanol–water partition coefficient (Wildman–Crippen LogP) is 3.50. The maximum absolute atomic E-state index is 12.4. The summed E-state index contributed by atoms with van der Waals surface area (Å²) in [6.07, 6.45) is 0. The van der Waals surface area contributed by atoms with Crippen molar-refractivity contribution in [3.8, 4) is 22.8 Å². The van der Waals surface area contributed by atoms with Gasteiger partial charge >= 0.3 is 0 Å². The van der Waals surface area contributed by atoms with Crippen LogP contribution in [0.3, 0.4) is 0 Å². The van der Waals surface area contributed by atoms with E-state index < -0.39 is 5.91 Å². The Hall–Kier alpha value is -4.11. The standard InChI is InChI=1S/C24H21N5O3S/c1-32-20-15-9-8-14-19(20)29-22(17-10-4-2-5-11-17)26-28-24(29)33-16-21(30)25-27-23(31)18-12-6-3-7-13-18/h2-15H,16H2,1H3,(H,25,30)(H,27,31). The maximum atomic E-state index is 12.4. The lowest BCUT2D eigenvalue weighted by Crippen LogP contribution is -2.42. The zero-order chi connectivity index (χ0) is 23.0. The second-order valence-electron chi connectivity index (χ2n) is 6.84. The number of hydrogen-bond donors (Lipinski definition) is 2. The molecule has 0 saturated heterocycles. The molecule has 8 nitrogen and oxygen atoms in total. The van der Waals surface area contributed by atoms with Crippen LogP contribution in [0.4, 0.5) is 0 Å². The van der Waals surface area contributed by atoms with E-state index in [1.807, 2.05) is 65.2 Å². The summed E-state index contributed by atoms with van der Waals surface area (Å²) in [5.74, 6) is 0.533. The van der Waals surface area contributed by atoms with Crippen molar-refractivity contribution in [3.63, 3.8) is 0 Å². The van der Waals surface area contributed by atoms with Crippen LogP contribution in [0.1, 0.15) is 10.4 Å². The number of methoxy groups -OCH3 is 1. The quantitative estimate of drug-likeness (QED) is 0.324. The first-order valence-electron chi connectivity index (χ1n) is 10.1. The smallest absolute Gasteiger partial charge is 0.269 e. The average molecular weight is 460 g/mol. The Morgan fingerprint density at radius 2 is 1.55 bits per heavy atom. The fourth-order valence-corrected chi connectivity index (χ4v) is 3.87. The number of aromatic nitrogens is 3. The van der Waals surface area contributed by atoms with Crippen molar-refractivity contribution in [1.82, 2.24) is 25.6 Å². The Morgan fingerprint density at radius 1 is 0.879 bits per heavy atom. The molecule has 9 heteroatoms. The first-order chi connectivity index (χ1) is 16.2. The van der Waals surface area contributed by atoms with E-state index >= 15 is 0 Å². The van der Waals surface area contributed by atoms with E-state index in [1.54, 1.807) is 31.4 Å². The van der Waals surface area contributed by atoms with Gasteiger partial charge in [-0.1, -0.05) is 72.4 Å². The van der Waals surface area contributed by atoms with Gasteiger partial charge in [-0.15, -0.1) is 10.2 Å². The minimum absolute atomic E-state index is 0.0249. The van der Waals surface area contributed by atoms with E-state index in [1.165, 1.54) is 11.8 Å². The van der Waals surface area contributed by atoms with Crippen LogP contribution in [0.15, 0.2) is 90.1 Å². The van der Waals surface area contributed by atoms with E-state index in [2.05, 4.69) is 21.0 Å². The Kier molecular flexibility index (Phi) is 7.01. The second-order valence-corrected chi connectivity index (χ2v) is 7.78. The van der Waals surface area contributed by atoms with Gasteiger partial charge in [0.25, 0.3) is 5.91 Å². The number of benzene rings is 3. The van der Waals surface area contributed by atoms with Crippen LogP contribution in [0.25, 0.3) is 17.1 Å². The fourth-order valence-electron chi connectivity index (χ4n) is 3.12. The molecule has 0 radical (unpaired) electrons. The summed E-state index contributed by atoms with van der Waals surface area (Å²) in [5.41, 5.74) is 6.93. The van der Waals surface area contributed by atoms with Crippen LogP contribution in [-0.4, -0.2) is 39.4 Å². The molecule has 2 amide bonds. The molecule has 3 aromatic carbocycles. The van der Waals surface area contributed by atoms with E-state index in [0.717, 1.165) is 11.3 Å². The maximum Gasteiger partial charge on any atom is 0.269 e. The number of hydrogen-bond acceptors (Lipinski definition) is 6. The summed E-state index contributed by atoms with van der Waals surface area (Å²) in [6, 6.07) is 25.8. The van der Waals surface area contributed by atoms with Crippen molar-refractivity contribution in [2.75, 3.05) is 12.9 Å². The van der Waals surface area contributed by atoms with Gasteiger partial charge in [0, 0.05) is 11.1 Å². The van der Waals surface area contributed by atoms with Crippen LogP contribution < -0.4 is 15.6 Å². The first-order valence-corrected chi connectivity index (χ1v) is 11.1. The van der Waals surface area contributed by atoms with Gasteiger partial charge in [0.05, 0.1) is 18.6 Å². The molecule has 0 saturated carbocycles. The van der Waals surface area contributed by atoms with Crippen LogP contribution in [0.2, 0.25) is 0 Å². The third-order valence-electron chi connectivity index (χ3n) is 4.68. The number of rotatable bonds is 7. The molecule has 0 aliphatic carbocycles. The number of ether oxygens (including phenoxy) is 1. The zero-order valence-corrected chi connectivity index (χ0v) is 18.6. The first kappa shape index (κ1) is 22.1. The van der Waals surface area contributed by atoms with E-state index in [9.17, 15) is 9.59 Å². The molecule has 0 bridgehead atoms. The van der Waals surface area contributed by atoms with Crippen molar-refractivity contribution < 1.29 is 14.3 Å². The van der Waals surface area contributed by atoms with Gasteiger partial charge in [0.2, 0.25) is 5.91 Å². The molecule has 0 aliphatic rings. The van der Waals surface area contributed by atoms with Crippen molar-refractivity contribution in [1.29, 1.82) is 0 Å². The van der Waals surface area contributed by atoms with Crippen LogP contribution in [0, 0.1) is 0 Å². The summed E-state index contributed by atoms with van der Waals surface area (Å²) < 4.78 is 7.39. The average Bonchev–Trinajstić information content (AvgIpc) is 3.30. The third kappa shape index (κ3) is 5.21. The highest BCUT2D eigenvalue weighted by molar-refractivity contribution is 7.99. The fraction of sp³-hybridized carbons (Fsp3) is 0.0833. The van der Waals surface area contributed by atoms with Gasteiger partial charge in [-0.05, 0) is 24.3 Å². The molecule has 2 N–H and O–H groups in total. The summed E-state index contributed by atoms with van der Waals surface area (Å²) in [4.78, 5) is 24.5. The number of nitrogens with one attached hydrogen (secondary N) is 2. The number of para-hydroxylation sites is 2. The number of nitrogens with zero attached hydrogens (tertiary/aromatic N) is 3. The molecular weight excluding hydrogens is 438 g/mol. The zero-order valence-electron chi connectivity index (χ0n) is 17.8. The Morgan fingerprint density at radius 3 is 2.27 bits per heavy atom. The summed E-state index contributed by atoms with van der Waals surface area (Å²) in [6.45, 7) is 0. The minimum Gasteiger partial charge on any atom is -0.495 e. The van der Waals surface area contributed by atoms with E-state index in [4.69, 9.17) is 4.74 Å². The molecule has 0 spiro atoms. The Balaban J connectivity index is 1.52. The minimum atomic E-state index is -0.391. The second kappa shape index (κ2) is 10.5. The van der Waals surface area contributed by atoms with Crippen molar-refractivity contribution >= 4 is 23.6 Å². The SMILES string of the molecule is COc1ccccc1-n1c(SCC(=O)NNC(=O)c2ccccc2)nnc1-c1ccccc1. The molecule has 0 aliphatic heterocycles. The van der Waals surface area contributed by atoms with Gasteiger partial charge in [-0.25, -0.2) is 0 Å². The van der Waals surface area contributed by atoms with Gasteiger partial charge in [-0.3, -0.25) is 25.0 Å². The van der Waals surface area contributed by atoms with Crippen LogP contribution in [0.5, 0.6) is 5.75 Å².